The summed E-state index contributed by atoms with van der Waals surface area (Å²) in [6, 6.07) is -0.538. The molecule has 0 atom stereocenters. The van der Waals surface area contributed by atoms with Crippen LogP contribution in [0, 0.1) is 5.41 Å². The van der Waals surface area contributed by atoms with Gasteiger partial charge in [0.1, 0.15) is 13.1 Å². The molecule has 0 aliphatic carbocycles. The van der Waals surface area contributed by atoms with Crippen molar-refractivity contribution in [1.29, 1.82) is 5.41 Å². The fourth-order valence-electron chi connectivity index (χ4n) is 1.36. The number of nitrogens with zero attached hydrogens (tertiary/aromatic N) is 1. The second kappa shape index (κ2) is 3.08. The van der Waals surface area contributed by atoms with Crippen LogP contribution in [0.3, 0.4) is 0 Å². The summed E-state index contributed by atoms with van der Waals surface area (Å²) in [5.74, 6) is -0.163. The number of urea groups is 1. The predicted molar refractivity (Wildman–Crippen MR) is 44.4 cm³/mol. The van der Waals surface area contributed by atoms with Gasteiger partial charge in [-0.3, -0.25) is 0 Å². The molecule has 0 aromatic heterocycles. The van der Waals surface area contributed by atoms with Gasteiger partial charge in [0.25, 0.3) is 0 Å². The van der Waals surface area contributed by atoms with Crippen LogP contribution in [0.1, 0.15) is 0 Å². The largest absolute Gasteiger partial charge is 0.421 e. The summed E-state index contributed by atoms with van der Waals surface area (Å²) < 4.78 is -0.201. The molecule has 68 valence electrons. The fraction of sp³-hybridized carbons (Fsp3) is 0.667. The van der Waals surface area contributed by atoms with Gasteiger partial charge in [-0.05, 0) is 0 Å². The number of rotatable bonds is 0. The molecule has 1 aliphatic rings. The summed E-state index contributed by atoms with van der Waals surface area (Å²) >= 11 is 0. The molecule has 0 unspecified atom stereocenters. The minimum absolute atomic E-state index is 0.163. The van der Waals surface area contributed by atoms with Crippen LogP contribution in [0.5, 0.6) is 0 Å². The lowest BCUT2D eigenvalue weighted by Crippen LogP contribution is -2.68. The van der Waals surface area contributed by atoms with Gasteiger partial charge >= 0.3 is 12.0 Å². The normalized spacial score (nSPS) is 21.7. The summed E-state index contributed by atoms with van der Waals surface area (Å²) in [6.07, 6.45) is 0. The number of carbonyl (C=O) groups excluding carboxylic acids is 1. The van der Waals surface area contributed by atoms with E-state index in [-0.39, 0.29) is 10.4 Å². The molecule has 0 aromatic carbocycles. The maximum Gasteiger partial charge on any atom is 0.421 e. The van der Waals surface area contributed by atoms with E-state index >= 15 is 0 Å². The summed E-state index contributed by atoms with van der Waals surface area (Å²) in [6.45, 7) is 2.29. The Labute approximate surface area is 70.6 Å². The number of hydrogen-bond acceptors (Lipinski definition) is 3. The molecular formula is C6H14N5O+. The Balaban J connectivity index is 2.84. The Bertz CT molecular complexity index is 192. The van der Waals surface area contributed by atoms with Crippen LogP contribution in [0.15, 0.2) is 0 Å². The zero-order chi connectivity index (χ0) is 9.19. The van der Waals surface area contributed by atoms with Crippen molar-refractivity contribution in [3.8, 4) is 0 Å². The highest BCUT2D eigenvalue weighted by molar-refractivity contribution is 5.82. The van der Waals surface area contributed by atoms with E-state index in [2.05, 4.69) is 5.32 Å². The molecular weight excluding hydrogens is 158 g/mol. The van der Waals surface area contributed by atoms with Crippen molar-refractivity contribution in [2.75, 3.05) is 26.2 Å². The Morgan fingerprint density at radius 1 is 1.33 bits per heavy atom. The van der Waals surface area contributed by atoms with Crippen LogP contribution < -0.4 is 16.8 Å². The van der Waals surface area contributed by atoms with Crippen LogP contribution in [0.4, 0.5) is 4.79 Å². The van der Waals surface area contributed by atoms with Gasteiger partial charge in [-0.25, -0.2) is 10.2 Å². The molecule has 0 spiro atoms. The average molecular weight is 172 g/mol. The lowest BCUT2D eigenvalue weighted by atomic mass is 10.3. The molecule has 1 aliphatic heterocycles. The minimum atomic E-state index is -0.538. The SMILES string of the molecule is N=C(N)[N+]1(C(N)=O)CCNCC1. The highest BCUT2D eigenvalue weighted by atomic mass is 16.2. The van der Waals surface area contributed by atoms with Gasteiger partial charge in [-0.15, -0.1) is 0 Å². The molecule has 1 heterocycles. The van der Waals surface area contributed by atoms with Crippen molar-refractivity contribution in [1.82, 2.24) is 5.32 Å². The average Bonchev–Trinajstić information content (AvgIpc) is 2.05. The summed E-state index contributed by atoms with van der Waals surface area (Å²) in [7, 11) is 0. The molecule has 1 fully saturated rings. The van der Waals surface area contributed by atoms with Crippen LogP contribution in [-0.4, -0.2) is 42.7 Å². The standard InChI is InChI=1S/C6H13N5O/c7-5(8)11(6(9)12)3-1-10-2-4-11/h10H,1-4H2,(H4-,7,8,9,12)/p+1. The van der Waals surface area contributed by atoms with Gasteiger partial charge in [-0.1, -0.05) is 0 Å². The monoisotopic (exact) mass is 172 g/mol. The van der Waals surface area contributed by atoms with E-state index in [4.69, 9.17) is 16.9 Å². The first-order valence-corrected chi connectivity index (χ1v) is 3.82. The lowest BCUT2D eigenvalue weighted by Gasteiger charge is -2.34. The first kappa shape index (κ1) is 8.95. The third-order valence-corrected chi connectivity index (χ3v) is 2.22. The highest BCUT2D eigenvalue weighted by Gasteiger charge is 2.40. The molecule has 1 saturated heterocycles. The van der Waals surface area contributed by atoms with Crippen molar-refractivity contribution in [2.45, 2.75) is 0 Å². The molecule has 6 N–H and O–H groups in total. The number of carbonyl (C=O) groups is 1. The van der Waals surface area contributed by atoms with E-state index in [1.165, 1.54) is 0 Å². The van der Waals surface area contributed by atoms with Gasteiger partial charge in [0.05, 0.1) is 0 Å². The first-order chi connectivity index (χ1) is 5.59. The van der Waals surface area contributed by atoms with Gasteiger partial charge < -0.3 is 16.8 Å². The Morgan fingerprint density at radius 2 is 1.83 bits per heavy atom. The Kier molecular flexibility index (Phi) is 2.30. The van der Waals surface area contributed by atoms with E-state index < -0.39 is 6.03 Å². The van der Waals surface area contributed by atoms with Crippen LogP contribution in [0.2, 0.25) is 0 Å². The highest BCUT2D eigenvalue weighted by Crippen LogP contribution is 2.06. The summed E-state index contributed by atoms with van der Waals surface area (Å²) in [5.41, 5.74) is 10.5. The third kappa shape index (κ3) is 1.26. The summed E-state index contributed by atoms with van der Waals surface area (Å²) in [4.78, 5) is 11.1. The van der Waals surface area contributed by atoms with Crippen molar-refractivity contribution in [3.63, 3.8) is 0 Å². The van der Waals surface area contributed by atoms with E-state index in [0.717, 1.165) is 0 Å². The molecule has 6 heteroatoms. The smallest absolute Gasteiger partial charge is 0.338 e. The zero-order valence-corrected chi connectivity index (χ0v) is 6.84. The van der Waals surface area contributed by atoms with E-state index in [0.29, 0.717) is 26.2 Å². The minimum Gasteiger partial charge on any atom is -0.338 e. The first-order valence-electron chi connectivity index (χ1n) is 3.82. The molecule has 2 amide bonds. The number of guanidine groups is 1. The van der Waals surface area contributed by atoms with Crippen molar-refractivity contribution < 1.29 is 9.28 Å². The van der Waals surface area contributed by atoms with E-state index in [1.807, 2.05) is 0 Å². The number of quaternary nitrogens is 1. The number of nitrogens with two attached hydrogens (primary N) is 2. The quantitative estimate of drug-likeness (QED) is 0.200. The molecule has 12 heavy (non-hydrogen) atoms. The maximum absolute atomic E-state index is 11.1. The zero-order valence-electron chi connectivity index (χ0n) is 6.84. The van der Waals surface area contributed by atoms with E-state index in [1.54, 1.807) is 0 Å². The van der Waals surface area contributed by atoms with Crippen molar-refractivity contribution in [3.05, 3.63) is 0 Å². The molecule has 0 bridgehead atoms. The molecule has 0 aromatic rings. The second-order valence-corrected chi connectivity index (χ2v) is 2.89. The number of piperazine rings is 1. The second-order valence-electron chi connectivity index (χ2n) is 2.89. The van der Waals surface area contributed by atoms with Crippen LogP contribution >= 0.6 is 0 Å². The third-order valence-electron chi connectivity index (χ3n) is 2.22. The summed E-state index contributed by atoms with van der Waals surface area (Å²) in [5, 5.41) is 10.4. The number of amides is 2. The van der Waals surface area contributed by atoms with Crippen molar-refractivity contribution >= 4 is 12.0 Å². The number of nitrogens with one attached hydrogen (secondary N) is 2. The van der Waals surface area contributed by atoms with E-state index in [9.17, 15) is 4.79 Å². The van der Waals surface area contributed by atoms with Gasteiger partial charge in [0.15, 0.2) is 0 Å². The van der Waals surface area contributed by atoms with Crippen LogP contribution in [-0.2, 0) is 0 Å². The van der Waals surface area contributed by atoms with Crippen molar-refractivity contribution in [2.24, 2.45) is 11.5 Å². The van der Waals surface area contributed by atoms with Gasteiger partial charge in [-0.2, -0.15) is 4.48 Å². The predicted octanol–water partition coefficient (Wildman–Crippen LogP) is -1.62. The van der Waals surface area contributed by atoms with Gasteiger partial charge in [0.2, 0.25) is 0 Å². The Hall–Kier alpha value is -1.14. The molecule has 1 rings (SSSR count). The lowest BCUT2D eigenvalue weighted by molar-refractivity contribution is -0.762. The fourth-order valence-corrected chi connectivity index (χ4v) is 1.36. The molecule has 0 saturated carbocycles. The number of hydrogen-bond donors (Lipinski definition) is 4. The number of primary amides is 1. The molecule has 6 nitrogen and oxygen atoms in total. The topological polar surface area (TPSA) is 105 Å². The Morgan fingerprint density at radius 3 is 2.08 bits per heavy atom. The maximum atomic E-state index is 11.1. The molecule has 0 radical (unpaired) electrons. The van der Waals surface area contributed by atoms with Crippen LogP contribution in [0.25, 0.3) is 0 Å². The van der Waals surface area contributed by atoms with Gasteiger partial charge in [0, 0.05) is 13.1 Å².